The molecular weight excluding hydrogens is 342 g/mol. The van der Waals surface area contributed by atoms with Gasteiger partial charge >= 0.3 is 0 Å². The normalized spacial score (nSPS) is 10.3. The molecule has 4 nitrogen and oxygen atoms in total. The van der Waals surface area contributed by atoms with Gasteiger partial charge in [0.1, 0.15) is 0 Å². The first-order chi connectivity index (χ1) is 12.6. The van der Waals surface area contributed by atoms with E-state index in [4.69, 9.17) is 12.2 Å². The van der Waals surface area contributed by atoms with E-state index in [1.54, 1.807) is 0 Å². The van der Waals surface area contributed by atoms with Crippen molar-refractivity contribution in [1.82, 2.24) is 5.32 Å². The van der Waals surface area contributed by atoms with Crippen LogP contribution in [0.3, 0.4) is 0 Å². The number of hydrogen-bond donors (Lipinski definition) is 3. The van der Waals surface area contributed by atoms with E-state index in [9.17, 15) is 4.79 Å². The van der Waals surface area contributed by atoms with Crippen molar-refractivity contribution in [3.05, 3.63) is 59.2 Å². The number of carbonyl (C=O) groups is 1. The van der Waals surface area contributed by atoms with E-state index in [1.165, 1.54) is 11.1 Å². The minimum atomic E-state index is -0.116. The molecule has 1 amide bonds. The van der Waals surface area contributed by atoms with E-state index in [2.05, 4.69) is 54.9 Å². The van der Waals surface area contributed by atoms with Crippen LogP contribution in [0.25, 0.3) is 0 Å². The summed E-state index contributed by atoms with van der Waals surface area (Å²) < 4.78 is 0. The summed E-state index contributed by atoms with van der Waals surface area (Å²) in [7, 11) is 0. The third kappa shape index (κ3) is 5.30. The second kappa shape index (κ2) is 9.92. The highest BCUT2D eigenvalue weighted by atomic mass is 32.1. The average Bonchev–Trinajstić information content (AvgIpc) is 2.67. The Kier molecular flexibility index (Phi) is 7.60. The van der Waals surface area contributed by atoms with Gasteiger partial charge in [-0.3, -0.25) is 4.79 Å². The lowest BCUT2D eigenvalue weighted by Crippen LogP contribution is -2.36. The topological polar surface area (TPSA) is 53.2 Å². The van der Waals surface area contributed by atoms with Gasteiger partial charge < -0.3 is 16.0 Å². The smallest absolute Gasteiger partial charge is 0.243 e. The summed E-state index contributed by atoms with van der Waals surface area (Å²) in [6, 6.07) is 14.1. The Morgan fingerprint density at radius 3 is 2.04 bits per heavy atom. The predicted octanol–water partition coefficient (Wildman–Crippen LogP) is 4.30. The molecule has 0 aliphatic heterocycles. The second-order valence-corrected chi connectivity index (χ2v) is 6.43. The van der Waals surface area contributed by atoms with Crippen molar-refractivity contribution in [3.63, 3.8) is 0 Å². The van der Waals surface area contributed by atoms with Crippen LogP contribution in [0, 0.1) is 0 Å². The molecule has 0 aliphatic rings. The van der Waals surface area contributed by atoms with Crippen molar-refractivity contribution >= 4 is 34.6 Å². The Hall–Kier alpha value is -2.40. The molecule has 0 bridgehead atoms. The minimum absolute atomic E-state index is 0.116. The molecule has 0 unspecified atom stereocenters. The second-order valence-electron chi connectivity index (χ2n) is 6.02. The Bertz CT molecular complexity index is 751. The molecule has 5 heteroatoms. The van der Waals surface area contributed by atoms with E-state index in [0.717, 1.165) is 36.2 Å². The number of thiocarbonyl (C=S) groups is 1. The fraction of sp³-hybridized carbons (Fsp3) is 0.333. The highest BCUT2D eigenvalue weighted by Gasteiger charge is 2.10. The van der Waals surface area contributed by atoms with Gasteiger partial charge in [0.2, 0.25) is 5.91 Å². The molecule has 26 heavy (non-hydrogen) atoms. The number of amides is 1. The van der Waals surface area contributed by atoms with Gasteiger partial charge in [-0.15, -0.1) is 0 Å². The number of rotatable bonds is 7. The molecular formula is C21H27N3OS. The molecule has 0 atom stereocenters. The van der Waals surface area contributed by atoms with Crippen molar-refractivity contribution in [2.24, 2.45) is 0 Å². The fourth-order valence-corrected chi connectivity index (χ4v) is 3.04. The van der Waals surface area contributed by atoms with Crippen LogP contribution in [0.15, 0.2) is 42.5 Å². The average molecular weight is 370 g/mol. The first-order valence-electron chi connectivity index (χ1n) is 9.12. The molecule has 2 rings (SSSR count). The van der Waals surface area contributed by atoms with E-state index >= 15 is 0 Å². The van der Waals surface area contributed by atoms with Gasteiger partial charge in [0.05, 0.1) is 6.54 Å². The number of para-hydroxylation sites is 2. The Balaban J connectivity index is 1.94. The van der Waals surface area contributed by atoms with E-state index in [-0.39, 0.29) is 12.5 Å². The first-order valence-corrected chi connectivity index (χ1v) is 9.53. The molecule has 0 heterocycles. The molecule has 0 saturated heterocycles. The summed E-state index contributed by atoms with van der Waals surface area (Å²) in [6.07, 6.45) is 2.72. The molecule has 3 N–H and O–H groups in total. The van der Waals surface area contributed by atoms with Crippen LogP contribution in [0.1, 0.15) is 37.5 Å². The molecule has 0 fully saturated rings. The summed E-state index contributed by atoms with van der Waals surface area (Å²) in [4.78, 5) is 12.2. The molecule has 0 aromatic heterocycles. The molecule has 0 spiro atoms. The number of benzene rings is 2. The van der Waals surface area contributed by atoms with Crippen molar-refractivity contribution < 1.29 is 4.79 Å². The van der Waals surface area contributed by atoms with Crippen LogP contribution in [0.2, 0.25) is 0 Å². The third-order valence-electron chi connectivity index (χ3n) is 4.32. The Morgan fingerprint density at radius 1 is 0.846 bits per heavy atom. The zero-order valence-electron chi connectivity index (χ0n) is 15.7. The molecule has 0 saturated carbocycles. The van der Waals surface area contributed by atoms with Gasteiger partial charge in [-0.1, -0.05) is 57.2 Å². The van der Waals surface area contributed by atoms with Gasteiger partial charge in [0.15, 0.2) is 5.11 Å². The Labute approximate surface area is 161 Å². The lowest BCUT2D eigenvalue weighted by molar-refractivity contribution is -0.115. The largest absolute Gasteiger partial charge is 0.353 e. The van der Waals surface area contributed by atoms with Gasteiger partial charge in [-0.05, 0) is 54.2 Å². The monoisotopic (exact) mass is 369 g/mol. The molecule has 0 radical (unpaired) electrons. The zero-order chi connectivity index (χ0) is 18.9. The molecule has 138 valence electrons. The number of aryl methyl sites for hydroxylation is 3. The quantitative estimate of drug-likeness (QED) is 0.637. The maximum Gasteiger partial charge on any atom is 0.243 e. The number of anilines is 2. The minimum Gasteiger partial charge on any atom is -0.353 e. The standard InChI is InChI=1S/C21H27N3OS/c1-4-15-10-7-8-13-18(15)23-19(25)14-22-21(26)24-20-16(5-2)11-9-12-17(20)6-3/h7-13H,4-6,14H2,1-3H3,(H,23,25)(H2,22,24,26). The van der Waals surface area contributed by atoms with Crippen LogP contribution >= 0.6 is 12.2 Å². The SMILES string of the molecule is CCc1ccccc1NC(=O)CNC(=S)Nc1c(CC)cccc1CC. The number of nitrogens with one attached hydrogen (secondary N) is 3. The predicted molar refractivity (Wildman–Crippen MR) is 114 cm³/mol. The van der Waals surface area contributed by atoms with Gasteiger partial charge in [-0.2, -0.15) is 0 Å². The maximum absolute atomic E-state index is 12.2. The van der Waals surface area contributed by atoms with Gasteiger partial charge in [0, 0.05) is 11.4 Å². The highest BCUT2D eigenvalue weighted by Crippen LogP contribution is 2.22. The van der Waals surface area contributed by atoms with E-state index in [1.807, 2.05) is 24.3 Å². The summed E-state index contributed by atoms with van der Waals surface area (Å²) in [5.41, 5.74) is 5.45. The fourth-order valence-electron chi connectivity index (χ4n) is 2.87. The maximum atomic E-state index is 12.2. The first kappa shape index (κ1) is 19.9. The van der Waals surface area contributed by atoms with Gasteiger partial charge in [0.25, 0.3) is 0 Å². The lowest BCUT2D eigenvalue weighted by Gasteiger charge is -2.17. The highest BCUT2D eigenvalue weighted by molar-refractivity contribution is 7.80. The number of carbonyl (C=O) groups excluding carboxylic acids is 1. The van der Waals surface area contributed by atoms with E-state index < -0.39 is 0 Å². The molecule has 2 aromatic carbocycles. The number of hydrogen-bond acceptors (Lipinski definition) is 2. The summed E-state index contributed by atoms with van der Waals surface area (Å²) in [5.74, 6) is -0.116. The van der Waals surface area contributed by atoms with Crippen molar-refractivity contribution in [2.45, 2.75) is 40.0 Å². The van der Waals surface area contributed by atoms with Crippen LogP contribution in [-0.4, -0.2) is 17.6 Å². The van der Waals surface area contributed by atoms with Crippen LogP contribution < -0.4 is 16.0 Å². The third-order valence-corrected chi connectivity index (χ3v) is 4.57. The van der Waals surface area contributed by atoms with Crippen LogP contribution in [-0.2, 0) is 24.1 Å². The molecule has 0 aliphatic carbocycles. The van der Waals surface area contributed by atoms with Crippen molar-refractivity contribution in [3.8, 4) is 0 Å². The van der Waals surface area contributed by atoms with Gasteiger partial charge in [-0.25, -0.2) is 0 Å². The van der Waals surface area contributed by atoms with Crippen LogP contribution in [0.5, 0.6) is 0 Å². The molecule has 2 aromatic rings. The van der Waals surface area contributed by atoms with E-state index in [0.29, 0.717) is 5.11 Å². The van der Waals surface area contributed by atoms with Crippen LogP contribution in [0.4, 0.5) is 11.4 Å². The van der Waals surface area contributed by atoms with Crippen molar-refractivity contribution in [1.29, 1.82) is 0 Å². The summed E-state index contributed by atoms with van der Waals surface area (Å²) >= 11 is 5.38. The summed E-state index contributed by atoms with van der Waals surface area (Å²) in [5, 5.41) is 9.66. The van der Waals surface area contributed by atoms with Crippen molar-refractivity contribution in [2.75, 3.05) is 17.2 Å². The summed E-state index contributed by atoms with van der Waals surface area (Å²) in [6.45, 7) is 6.43. The zero-order valence-corrected chi connectivity index (χ0v) is 16.5. The lowest BCUT2D eigenvalue weighted by atomic mass is 10.0. The Morgan fingerprint density at radius 2 is 1.42 bits per heavy atom.